The van der Waals surface area contributed by atoms with E-state index in [0.29, 0.717) is 29.3 Å². The van der Waals surface area contributed by atoms with E-state index in [4.69, 9.17) is 11.6 Å². The summed E-state index contributed by atoms with van der Waals surface area (Å²) in [5, 5.41) is 9.03. The maximum absolute atomic E-state index is 12.8. The third-order valence-corrected chi connectivity index (χ3v) is 4.25. The molecule has 7 nitrogen and oxygen atoms in total. The monoisotopic (exact) mass is 346 g/mol. The second-order valence-corrected chi connectivity index (χ2v) is 6.16. The Morgan fingerprint density at radius 3 is 2.75 bits per heavy atom. The number of carbonyl (C=O) groups is 1. The molecule has 0 fully saturated rings. The van der Waals surface area contributed by atoms with Crippen LogP contribution in [0, 0.1) is 13.8 Å². The van der Waals surface area contributed by atoms with Crippen molar-refractivity contribution in [2.24, 2.45) is 0 Å². The molecule has 0 radical (unpaired) electrons. The Morgan fingerprint density at radius 1 is 1.29 bits per heavy atom. The number of fused-ring (bicyclic) bond motifs is 1. The molecule has 0 saturated carbocycles. The Bertz CT molecular complexity index is 913. The van der Waals surface area contributed by atoms with E-state index in [9.17, 15) is 4.79 Å². The van der Waals surface area contributed by atoms with Crippen molar-refractivity contribution in [1.82, 2.24) is 29.3 Å². The summed E-state index contributed by atoms with van der Waals surface area (Å²) >= 11 is 6.18. The van der Waals surface area contributed by atoms with Gasteiger partial charge in [-0.1, -0.05) is 11.6 Å². The molecule has 0 bridgehead atoms. The Balaban J connectivity index is 1.93. The van der Waals surface area contributed by atoms with E-state index in [0.717, 1.165) is 17.1 Å². The third-order valence-electron chi connectivity index (χ3n) is 3.94. The minimum absolute atomic E-state index is 0.151. The SMILES string of the molecule is CCn1ncc(Cl)c1CN(C)C(=O)c1cnn2c(C)cc(C)nc12. The van der Waals surface area contributed by atoms with Crippen molar-refractivity contribution in [3.05, 3.63) is 46.1 Å². The summed E-state index contributed by atoms with van der Waals surface area (Å²) in [6, 6.07) is 1.93. The predicted molar refractivity (Wildman–Crippen MR) is 91.2 cm³/mol. The molecular weight excluding hydrogens is 328 g/mol. The third kappa shape index (κ3) is 2.75. The minimum atomic E-state index is -0.151. The molecule has 0 aliphatic rings. The Morgan fingerprint density at radius 2 is 2.04 bits per heavy atom. The standard InChI is InChI=1S/C16H19ClN6O/c1-5-22-14(13(17)8-18-22)9-21(4)16(24)12-7-19-23-11(3)6-10(2)20-15(12)23/h6-8H,5,9H2,1-4H3. The smallest absolute Gasteiger partial charge is 0.259 e. The van der Waals surface area contributed by atoms with Crippen molar-refractivity contribution in [3.8, 4) is 0 Å². The van der Waals surface area contributed by atoms with E-state index < -0.39 is 0 Å². The zero-order valence-electron chi connectivity index (χ0n) is 14.1. The van der Waals surface area contributed by atoms with Crippen LogP contribution >= 0.6 is 11.6 Å². The van der Waals surface area contributed by atoms with Crippen LogP contribution in [0.4, 0.5) is 0 Å². The molecule has 0 aliphatic heterocycles. The Hall–Kier alpha value is -2.41. The zero-order chi connectivity index (χ0) is 17.4. The molecule has 3 aromatic heterocycles. The van der Waals surface area contributed by atoms with Crippen LogP contribution in [0.1, 0.15) is 34.4 Å². The Kier molecular flexibility index (Phi) is 4.28. The molecule has 0 aliphatic carbocycles. The van der Waals surface area contributed by atoms with Crippen molar-refractivity contribution in [1.29, 1.82) is 0 Å². The molecule has 0 unspecified atom stereocenters. The zero-order valence-corrected chi connectivity index (χ0v) is 14.9. The Labute approximate surface area is 144 Å². The quantitative estimate of drug-likeness (QED) is 0.727. The number of rotatable bonds is 4. The van der Waals surface area contributed by atoms with Crippen LogP contribution in [-0.4, -0.2) is 42.2 Å². The van der Waals surface area contributed by atoms with Crippen molar-refractivity contribution >= 4 is 23.2 Å². The second kappa shape index (κ2) is 6.24. The highest BCUT2D eigenvalue weighted by molar-refractivity contribution is 6.31. The summed E-state index contributed by atoms with van der Waals surface area (Å²) in [4.78, 5) is 18.9. The molecule has 0 N–H and O–H groups in total. The molecule has 24 heavy (non-hydrogen) atoms. The second-order valence-electron chi connectivity index (χ2n) is 5.75. The van der Waals surface area contributed by atoms with Crippen LogP contribution in [0.5, 0.6) is 0 Å². The first-order chi connectivity index (χ1) is 11.4. The van der Waals surface area contributed by atoms with Gasteiger partial charge in [0.1, 0.15) is 5.56 Å². The number of halogens is 1. The topological polar surface area (TPSA) is 68.3 Å². The van der Waals surface area contributed by atoms with Crippen LogP contribution in [0.2, 0.25) is 5.02 Å². The average Bonchev–Trinajstić information content (AvgIpc) is 3.11. The normalized spacial score (nSPS) is 11.2. The lowest BCUT2D eigenvalue weighted by atomic mass is 10.2. The molecular formula is C16H19ClN6O. The summed E-state index contributed by atoms with van der Waals surface area (Å²) in [6.07, 6.45) is 3.16. The van der Waals surface area contributed by atoms with E-state index in [-0.39, 0.29) is 5.91 Å². The van der Waals surface area contributed by atoms with Crippen LogP contribution in [0.3, 0.4) is 0 Å². The largest absolute Gasteiger partial charge is 0.336 e. The van der Waals surface area contributed by atoms with E-state index in [1.807, 2.05) is 26.8 Å². The highest BCUT2D eigenvalue weighted by Gasteiger charge is 2.21. The van der Waals surface area contributed by atoms with Crippen molar-refractivity contribution in [2.45, 2.75) is 33.9 Å². The predicted octanol–water partition coefficient (Wildman–Crippen LogP) is 2.49. The fraction of sp³-hybridized carbons (Fsp3) is 0.375. The first-order valence-corrected chi connectivity index (χ1v) is 8.07. The molecule has 8 heteroatoms. The summed E-state index contributed by atoms with van der Waals surface area (Å²) in [5.41, 5.74) is 3.64. The summed E-state index contributed by atoms with van der Waals surface area (Å²) < 4.78 is 3.46. The molecule has 0 atom stereocenters. The van der Waals surface area contributed by atoms with Crippen molar-refractivity contribution in [3.63, 3.8) is 0 Å². The lowest BCUT2D eigenvalue weighted by molar-refractivity contribution is 0.0783. The minimum Gasteiger partial charge on any atom is -0.336 e. The summed E-state index contributed by atoms with van der Waals surface area (Å²) in [7, 11) is 1.73. The number of nitrogens with zero attached hydrogens (tertiary/aromatic N) is 6. The fourth-order valence-electron chi connectivity index (χ4n) is 2.74. The molecule has 0 saturated heterocycles. The van der Waals surface area contributed by atoms with Crippen LogP contribution in [-0.2, 0) is 13.1 Å². The average molecular weight is 347 g/mol. The van der Waals surface area contributed by atoms with Crippen molar-refractivity contribution in [2.75, 3.05) is 7.05 Å². The van der Waals surface area contributed by atoms with Gasteiger partial charge in [0.05, 0.1) is 29.7 Å². The fourth-order valence-corrected chi connectivity index (χ4v) is 2.94. The van der Waals surface area contributed by atoms with Crippen molar-refractivity contribution < 1.29 is 4.79 Å². The number of hydrogen-bond donors (Lipinski definition) is 0. The van der Waals surface area contributed by atoms with Gasteiger partial charge in [-0.3, -0.25) is 9.48 Å². The van der Waals surface area contributed by atoms with Gasteiger partial charge >= 0.3 is 0 Å². The summed E-state index contributed by atoms with van der Waals surface area (Å²) in [6.45, 7) is 6.88. The van der Waals surface area contributed by atoms with Gasteiger partial charge in [-0.25, -0.2) is 9.50 Å². The molecule has 0 spiro atoms. The molecule has 0 aromatic carbocycles. The maximum Gasteiger partial charge on any atom is 0.259 e. The molecule has 3 rings (SSSR count). The number of aryl methyl sites for hydroxylation is 3. The number of carbonyl (C=O) groups excluding carboxylic acids is 1. The van der Waals surface area contributed by atoms with Gasteiger partial charge in [-0.15, -0.1) is 0 Å². The summed E-state index contributed by atoms with van der Waals surface area (Å²) in [5.74, 6) is -0.151. The number of amides is 1. The highest BCUT2D eigenvalue weighted by atomic mass is 35.5. The van der Waals surface area contributed by atoms with E-state index in [2.05, 4.69) is 15.2 Å². The van der Waals surface area contributed by atoms with Gasteiger partial charge in [0, 0.05) is 25.0 Å². The van der Waals surface area contributed by atoms with Gasteiger partial charge in [-0.05, 0) is 26.8 Å². The van der Waals surface area contributed by atoms with Gasteiger partial charge in [0.15, 0.2) is 5.65 Å². The van der Waals surface area contributed by atoms with Crippen LogP contribution < -0.4 is 0 Å². The molecule has 1 amide bonds. The van der Waals surface area contributed by atoms with Gasteiger partial charge in [0.25, 0.3) is 5.91 Å². The van der Waals surface area contributed by atoms with E-state index in [1.165, 1.54) is 0 Å². The van der Waals surface area contributed by atoms with Crippen LogP contribution in [0.15, 0.2) is 18.5 Å². The first kappa shape index (κ1) is 16.4. The van der Waals surface area contributed by atoms with Crippen LogP contribution in [0.25, 0.3) is 5.65 Å². The number of aromatic nitrogens is 5. The van der Waals surface area contributed by atoms with Gasteiger partial charge in [0.2, 0.25) is 0 Å². The molecule has 3 heterocycles. The van der Waals surface area contributed by atoms with E-state index in [1.54, 1.807) is 33.5 Å². The lowest BCUT2D eigenvalue weighted by Crippen LogP contribution is -2.27. The van der Waals surface area contributed by atoms with Gasteiger partial charge < -0.3 is 4.90 Å². The van der Waals surface area contributed by atoms with Gasteiger partial charge in [-0.2, -0.15) is 10.2 Å². The van der Waals surface area contributed by atoms with E-state index >= 15 is 0 Å². The molecule has 3 aromatic rings. The first-order valence-electron chi connectivity index (χ1n) is 7.70. The maximum atomic E-state index is 12.8. The number of hydrogen-bond acceptors (Lipinski definition) is 4. The molecule has 126 valence electrons. The highest BCUT2D eigenvalue weighted by Crippen LogP contribution is 2.19. The lowest BCUT2D eigenvalue weighted by Gasteiger charge is -2.17.